The number of ether oxygens (including phenoxy) is 1. The predicted molar refractivity (Wildman–Crippen MR) is 74.6 cm³/mol. The van der Waals surface area contributed by atoms with Gasteiger partial charge in [0.1, 0.15) is 11.3 Å². The van der Waals surface area contributed by atoms with Crippen LogP contribution < -0.4 is 0 Å². The van der Waals surface area contributed by atoms with Crippen molar-refractivity contribution in [3.8, 4) is 0 Å². The number of nitroso groups, excluding NO2 is 1. The van der Waals surface area contributed by atoms with Gasteiger partial charge in [0.15, 0.2) is 0 Å². The molecule has 20 heavy (non-hydrogen) atoms. The highest BCUT2D eigenvalue weighted by atomic mass is 16.5. The number of carbonyl (C=O) groups excluding carboxylic acids is 2. The number of Topliss-reactive ketones (excluding diaryl/α,β-unsaturated/α-hetero) is 1. The number of rotatable bonds is 6. The molecule has 1 rings (SSSR count). The van der Waals surface area contributed by atoms with Crippen LogP contribution in [-0.4, -0.2) is 37.4 Å². The van der Waals surface area contributed by atoms with Gasteiger partial charge in [-0.2, -0.15) is 0 Å². The van der Waals surface area contributed by atoms with Gasteiger partial charge in [0, 0.05) is 25.9 Å². The Labute approximate surface area is 117 Å². The fraction of sp³-hybridized carbons (Fsp3) is 0.286. The van der Waals surface area contributed by atoms with E-state index < -0.39 is 11.8 Å². The van der Waals surface area contributed by atoms with E-state index in [2.05, 4.69) is 5.18 Å². The van der Waals surface area contributed by atoms with E-state index in [1.807, 2.05) is 0 Å². The third-order valence-corrected chi connectivity index (χ3v) is 2.36. The van der Waals surface area contributed by atoms with Crippen LogP contribution in [0.25, 0.3) is 0 Å². The monoisotopic (exact) mass is 276 g/mol. The van der Waals surface area contributed by atoms with Crippen molar-refractivity contribution in [2.75, 3.05) is 20.7 Å². The van der Waals surface area contributed by atoms with Crippen molar-refractivity contribution in [2.45, 2.75) is 6.92 Å². The van der Waals surface area contributed by atoms with E-state index in [4.69, 9.17) is 4.74 Å². The maximum atomic E-state index is 12.3. The molecular weight excluding hydrogens is 260 g/mol. The minimum Gasteiger partial charge on any atom is -0.462 e. The van der Waals surface area contributed by atoms with Crippen molar-refractivity contribution in [3.05, 3.63) is 46.5 Å². The molecule has 0 spiro atoms. The van der Waals surface area contributed by atoms with Gasteiger partial charge in [-0.25, -0.2) is 4.79 Å². The van der Waals surface area contributed by atoms with Crippen molar-refractivity contribution < 1.29 is 14.3 Å². The molecule has 1 aromatic carbocycles. The summed E-state index contributed by atoms with van der Waals surface area (Å²) < 4.78 is 4.87. The number of esters is 1. The van der Waals surface area contributed by atoms with E-state index in [1.165, 1.54) is 30.5 Å². The topological polar surface area (TPSA) is 76.0 Å². The summed E-state index contributed by atoms with van der Waals surface area (Å²) in [6, 6.07) is 5.72. The molecule has 6 heteroatoms. The molecule has 0 radical (unpaired) electrons. The first-order valence-corrected chi connectivity index (χ1v) is 6.03. The molecule has 0 saturated heterocycles. The van der Waals surface area contributed by atoms with Crippen molar-refractivity contribution in [1.29, 1.82) is 0 Å². The van der Waals surface area contributed by atoms with Crippen molar-refractivity contribution in [1.82, 2.24) is 4.90 Å². The van der Waals surface area contributed by atoms with Crippen LogP contribution >= 0.6 is 0 Å². The summed E-state index contributed by atoms with van der Waals surface area (Å²) in [7, 11) is 3.40. The molecule has 0 amide bonds. The molecule has 0 unspecified atom stereocenters. The van der Waals surface area contributed by atoms with Crippen LogP contribution in [0, 0.1) is 4.91 Å². The Balaban J connectivity index is 3.09. The molecule has 0 aromatic heterocycles. The van der Waals surface area contributed by atoms with Crippen molar-refractivity contribution >= 4 is 17.4 Å². The molecule has 0 atom stereocenters. The van der Waals surface area contributed by atoms with E-state index >= 15 is 0 Å². The first kappa shape index (κ1) is 15.6. The molecule has 1 aromatic rings. The quantitative estimate of drug-likeness (QED) is 0.199. The number of nitrogens with zero attached hydrogens (tertiary/aromatic N) is 2. The van der Waals surface area contributed by atoms with E-state index in [-0.39, 0.29) is 17.9 Å². The Hall–Kier alpha value is -2.50. The van der Waals surface area contributed by atoms with E-state index in [0.717, 1.165) is 0 Å². The van der Waals surface area contributed by atoms with Crippen LogP contribution in [0.3, 0.4) is 0 Å². The van der Waals surface area contributed by atoms with Gasteiger partial charge in [0.25, 0.3) is 0 Å². The van der Waals surface area contributed by atoms with Gasteiger partial charge in [0.05, 0.1) is 6.61 Å². The lowest BCUT2D eigenvalue weighted by Crippen LogP contribution is -2.19. The second kappa shape index (κ2) is 7.18. The fourth-order valence-corrected chi connectivity index (χ4v) is 1.50. The van der Waals surface area contributed by atoms with E-state index in [0.29, 0.717) is 5.56 Å². The second-order valence-corrected chi connectivity index (χ2v) is 4.19. The highest BCUT2D eigenvalue weighted by molar-refractivity contribution is 6.24. The highest BCUT2D eigenvalue weighted by Crippen LogP contribution is 2.16. The predicted octanol–water partition coefficient (Wildman–Crippen LogP) is 2.28. The molecule has 0 aliphatic heterocycles. The van der Waals surface area contributed by atoms with Crippen LogP contribution in [0.15, 0.2) is 41.2 Å². The molecule has 0 fully saturated rings. The first-order chi connectivity index (χ1) is 9.49. The normalized spacial score (nSPS) is 10.8. The summed E-state index contributed by atoms with van der Waals surface area (Å²) >= 11 is 0. The molecule has 6 nitrogen and oxygen atoms in total. The highest BCUT2D eigenvalue weighted by Gasteiger charge is 2.21. The van der Waals surface area contributed by atoms with Gasteiger partial charge in [-0.3, -0.25) is 4.79 Å². The molecule has 0 aliphatic rings. The third-order valence-electron chi connectivity index (χ3n) is 2.36. The Morgan fingerprint density at radius 2 is 1.85 bits per heavy atom. The van der Waals surface area contributed by atoms with E-state index in [9.17, 15) is 14.5 Å². The molecule has 0 bridgehead atoms. The largest absolute Gasteiger partial charge is 0.462 e. The summed E-state index contributed by atoms with van der Waals surface area (Å²) in [6.07, 6.45) is 1.41. The summed E-state index contributed by atoms with van der Waals surface area (Å²) in [5, 5.41) is 2.75. The molecule has 106 valence electrons. The summed E-state index contributed by atoms with van der Waals surface area (Å²) in [5.74, 6) is -1.14. The fourth-order valence-electron chi connectivity index (χ4n) is 1.50. The van der Waals surface area contributed by atoms with Crippen LogP contribution in [-0.2, 0) is 9.53 Å². The molecular formula is C14H16N2O4. The zero-order valence-corrected chi connectivity index (χ0v) is 11.6. The average Bonchev–Trinajstić information content (AvgIpc) is 2.44. The Morgan fingerprint density at radius 3 is 2.30 bits per heavy atom. The standard InChI is InChI=1S/C14H16N2O4/c1-4-20-14(18)12(9-16(2)3)13(17)10-5-7-11(15-19)8-6-10/h5-9H,4H2,1-3H3/b12-9-. The van der Waals surface area contributed by atoms with Gasteiger partial charge in [-0.1, -0.05) is 0 Å². The van der Waals surface area contributed by atoms with Gasteiger partial charge < -0.3 is 9.64 Å². The van der Waals surface area contributed by atoms with Crippen molar-refractivity contribution in [3.63, 3.8) is 0 Å². The lowest BCUT2D eigenvalue weighted by atomic mass is 10.0. The number of carbonyl (C=O) groups is 2. The minimum absolute atomic E-state index is 0.0661. The smallest absolute Gasteiger partial charge is 0.343 e. The summed E-state index contributed by atoms with van der Waals surface area (Å²) in [5.41, 5.74) is 0.443. The van der Waals surface area contributed by atoms with E-state index in [1.54, 1.807) is 25.9 Å². The minimum atomic E-state index is -0.677. The SMILES string of the molecule is CCOC(=O)/C(=C\N(C)C)C(=O)c1ccc(N=O)cc1. The molecule has 0 aliphatic carbocycles. The molecule has 0 N–H and O–H groups in total. The first-order valence-electron chi connectivity index (χ1n) is 6.03. The molecule has 0 heterocycles. The van der Waals surface area contributed by atoms with Crippen LogP contribution in [0.5, 0.6) is 0 Å². The van der Waals surface area contributed by atoms with Gasteiger partial charge in [0.2, 0.25) is 5.78 Å². The zero-order valence-electron chi connectivity index (χ0n) is 11.6. The third kappa shape index (κ3) is 4.01. The maximum Gasteiger partial charge on any atom is 0.343 e. The summed E-state index contributed by atoms with van der Waals surface area (Å²) in [6.45, 7) is 1.85. The Bertz CT molecular complexity index is 533. The van der Waals surface area contributed by atoms with Crippen LogP contribution in [0.4, 0.5) is 5.69 Å². The lowest BCUT2D eigenvalue weighted by molar-refractivity contribution is -0.138. The number of hydrogen-bond donors (Lipinski definition) is 0. The number of hydrogen-bond acceptors (Lipinski definition) is 6. The molecule has 0 saturated carbocycles. The second-order valence-electron chi connectivity index (χ2n) is 4.19. The lowest BCUT2D eigenvalue weighted by Gasteiger charge is -2.10. The van der Waals surface area contributed by atoms with Gasteiger partial charge in [-0.05, 0) is 36.4 Å². The van der Waals surface area contributed by atoms with Gasteiger partial charge >= 0.3 is 5.97 Å². The average molecular weight is 276 g/mol. The van der Waals surface area contributed by atoms with Crippen LogP contribution in [0.2, 0.25) is 0 Å². The number of benzene rings is 1. The number of ketones is 1. The Morgan fingerprint density at radius 1 is 1.25 bits per heavy atom. The van der Waals surface area contributed by atoms with Gasteiger partial charge in [-0.15, -0.1) is 4.91 Å². The van der Waals surface area contributed by atoms with Crippen molar-refractivity contribution in [2.24, 2.45) is 5.18 Å². The maximum absolute atomic E-state index is 12.3. The summed E-state index contributed by atoms with van der Waals surface area (Å²) in [4.78, 5) is 36.0. The van der Waals surface area contributed by atoms with Crippen LogP contribution in [0.1, 0.15) is 17.3 Å². The Kier molecular flexibility index (Phi) is 5.58. The zero-order chi connectivity index (χ0) is 15.1.